The number of nitrogens with zero attached hydrogens (tertiary/aromatic N) is 1. The lowest BCUT2D eigenvalue weighted by atomic mass is 10.1. The Kier molecular flexibility index (Phi) is 5.07. The second-order valence-electron chi connectivity index (χ2n) is 5.23. The quantitative estimate of drug-likeness (QED) is 0.825. The van der Waals surface area contributed by atoms with Crippen molar-refractivity contribution in [3.05, 3.63) is 28.2 Å². The van der Waals surface area contributed by atoms with Crippen molar-refractivity contribution in [3.63, 3.8) is 0 Å². The zero-order valence-corrected chi connectivity index (χ0v) is 12.9. The summed E-state index contributed by atoms with van der Waals surface area (Å²) in [5.41, 5.74) is 1.29. The van der Waals surface area contributed by atoms with Crippen molar-refractivity contribution in [2.45, 2.75) is 45.8 Å². The predicted octanol–water partition coefficient (Wildman–Crippen LogP) is 4.22. The number of benzene rings is 1. The maximum atomic E-state index is 5.94. The normalized spacial score (nSPS) is 17.1. The second-order valence-corrected chi connectivity index (χ2v) is 6.09. The van der Waals surface area contributed by atoms with Gasteiger partial charge in [-0.2, -0.15) is 0 Å². The van der Waals surface area contributed by atoms with Crippen LogP contribution in [-0.2, 0) is 6.54 Å². The molecule has 0 aromatic heterocycles. The standard InChI is InChI=1S/C15H22BrNO/c1-12(2)18-15-13(7-6-8-14(15)16)11-17-9-4-3-5-10-17/h6-8,12H,3-5,9-11H2,1-2H3. The van der Waals surface area contributed by atoms with Gasteiger partial charge in [0.15, 0.2) is 0 Å². The van der Waals surface area contributed by atoms with Crippen LogP contribution in [0.1, 0.15) is 38.7 Å². The molecular formula is C15H22BrNO. The third-order valence-electron chi connectivity index (χ3n) is 3.24. The van der Waals surface area contributed by atoms with Crippen molar-refractivity contribution in [3.8, 4) is 5.75 Å². The molecule has 2 rings (SSSR count). The highest BCUT2D eigenvalue weighted by Crippen LogP contribution is 2.31. The highest BCUT2D eigenvalue weighted by molar-refractivity contribution is 9.10. The van der Waals surface area contributed by atoms with E-state index in [1.54, 1.807) is 0 Å². The molecule has 2 nitrogen and oxygen atoms in total. The molecule has 1 saturated heterocycles. The van der Waals surface area contributed by atoms with Crippen LogP contribution in [0, 0.1) is 0 Å². The third-order valence-corrected chi connectivity index (χ3v) is 3.87. The average Bonchev–Trinajstić information content (AvgIpc) is 2.34. The molecule has 1 aromatic carbocycles. The first-order valence-electron chi connectivity index (χ1n) is 6.83. The van der Waals surface area contributed by atoms with E-state index < -0.39 is 0 Å². The van der Waals surface area contributed by atoms with Gasteiger partial charge in [0.2, 0.25) is 0 Å². The Bertz CT molecular complexity index is 386. The van der Waals surface area contributed by atoms with Crippen LogP contribution >= 0.6 is 15.9 Å². The summed E-state index contributed by atoms with van der Waals surface area (Å²) in [5, 5.41) is 0. The third kappa shape index (κ3) is 3.72. The fraction of sp³-hybridized carbons (Fsp3) is 0.600. The largest absolute Gasteiger partial charge is 0.489 e. The Morgan fingerprint density at radius 1 is 1.22 bits per heavy atom. The lowest BCUT2D eigenvalue weighted by Gasteiger charge is -2.27. The molecule has 0 unspecified atom stereocenters. The number of piperidine rings is 1. The molecule has 1 fully saturated rings. The van der Waals surface area contributed by atoms with Crippen LogP contribution < -0.4 is 4.74 Å². The Labute approximate surface area is 118 Å². The van der Waals surface area contributed by atoms with Crippen LogP contribution in [-0.4, -0.2) is 24.1 Å². The molecular weight excluding hydrogens is 290 g/mol. The first kappa shape index (κ1) is 13.9. The topological polar surface area (TPSA) is 12.5 Å². The minimum atomic E-state index is 0.212. The van der Waals surface area contributed by atoms with E-state index in [-0.39, 0.29) is 6.10 Å². The zero-order valence-electron chi connectivity index (χ0n) is 11.3. The molecule has 100 valence electrons. The first-order chi connectivity index (χ1) is 8.66. The molecule has 3 heteroatoms. The van der Waals surface area contributed by atoms with Crippen molar-refractivity contribution in [1.29, 1.82) is 0 Å². The van der Waals surface area contributed by atoms with Gasteiger partial charge < -0.3 is 4.74 Å². The highest BCUT2D eigenvalue weighted by Gasteiger charge is 2.15. The zero-order chi connectivity index (χ0) is 13.0. The Morgan fingerprint density at radius 2 is 1.94 bits per heavy atom. The molecule has 0 bridgehead atoms. The lowest BCUT2D eigenvalue weighted by Crippen LogP contribution is -2.29. The minimum absolute atomic E-state index is 0.212. The maximum absolute atomic E-state index is 5.94. The number of ether oxygens (including phenoxy) is 1. The Balaban J connectivity index is 2.12. The van der Waals surface area contributed by atoms with Crippen LogP contribution in [0.2, 0.25) is 0 Å². The summed E-state index contributed by atoms with van der Waals surface area (Å²) < 4.78 is 7.00. The number of rotatable bonds is 4. The summed E-state index contributed by atoms with van der Waals surface area (Å²) in [6.07, 6.45) is 4.25. The highest BCUT2D eigenvalue weighted by atomic mass is 79.9. The van der Waals surface area contributed by atoms with Crippen molar-refractivity contribution in [1.82, 2.24) is 4.90 Å². The van der Waals surface area contributed by atoms with Gasteiger partial charge in [-0.25, -0.2) is 0 Å². The smallest absolute Gasteiger partial charge is 0.138 e. The van der Waals surface area contributed by atoms with Gasteiger partial charge in [-0.1, -0.05) is 18.6 Å². The maximum Gasteiger partial charge on any atom is 0.138 e. The molecule has 1 aromatic rings. The van der Waals surface area contributed by atoms with Crippen LogP contribution in [0.15, 0.2) is 22.7 Å². The Morgan fingerprint density at radius 3 is 2.61 bits per heavy atom. The van der Waals surface area contributed by atoms with E-state index in [1.165, 1.54) is 37.9 Å². The summed E-state index contributed by atoms with van der Waals surface area (Å²) >= 11 is 3.60. The molecule has 0 radical (unpaired) electrons. The molecule has 0 N–H and O–H groups in total. The lowest BCUT2D eigenvalue weighted by molar-refractivity contribution is 0.206. The van der Waals surface area contributed by atoms with E-state index in [9.17, 15) is 0 Å². The molecule has 0 saturated carbocycles. The predicted molar refractivity (Wildman–Crippen MR) is 79.0 cm³/mol. The van der Waals surface area contributed by atoms with Crippen molar-refractivity contribution >= 4 is 15.9 Å². The number of halogens is 1. The molecule has 0 spiro atoms. The van der Waals surface area contributed by atoms with Crippen LogP contribution in [0.3, 0.4) is 0 Å². The van der Waals surface area contributed by atoms with Gasteiger partial charge in [-0.3, -0.25) is 4.90 Å². The van der Waals surface area contributed by atoms with Gasteiger partial charge in [0, 0.05) is 12.1 Å². The van der Waals surface area contributed by atoms with Crippen molar-refractivity contribution in [2.24, 2.45) is 0 Å². The summed E-state index contributed by atoms with van der Waals surface area (Å²) in [6.45, 7) is 7.58. The molecule has 0 aliphatic carbocycles. The molecule has 0 amide bonds. The summed E-state index contributed by atoms with van der Waals surface area (Å²) in [5.74, 6) is 1.01. The van der Waals surface area contributed by atoms with Gasteiger partial charge in [-0.05, 0) is 61.8 Å². The fourth-order valence-corrected chi connectivity index (χ4v) is 2.90. The number of likely N-dealkylation sites (tertiary alicyclic amines) is 1. The van der Waals surface area contributed by atoms with Gasteiger partial charge in [-0.15, -0.1) is 0 Å². The molecule has 1 aliphatic rings. The van der Waals surface area contributed by atoms with E-state index in [2.05, 4.69) is 52.9 Å². The number of para-hydroxylation sites is 1. The molecule has 18 heavy (non-hydrogen) atoms. The molecule has 1 heterocycles. The fourth-order valence-electron chi connectivity index (χ4n) is 2.40. The summed E-state index contributed by atoms with van der Waals surface area (Å²) in [4.78, 5) is 2.53. The van der Waals surface area contributed by atoms with Gasteiger partial charge >= 0.3 is 0 Å². The van der Waals surface area contributed by atoms with E-state index in [0.29, 0.717) is 0 Å². The summed E-state index contributed by atoms with van der Waals surface area (Å²) in [7, 11) is 0. The van der Waals surface area contributed by atoms with Crippen LogP contribution in [0.4, 0.5) is 0 Å². The summed E-state index contributed by atoms with van der Waals surface area (Å²) in [6, 6.07) is 6.32. The monoisotopic (exact) mass is 311 g/mol. The van der Waals surface area contributed by atoms with Gasteiger partial charge in [0.05, 0.1) is 10.6 Å². The Hall–Kier alpha value is -0.540. The van der Waals surface area contributed by atoms with Crippen LogP contribution in [0.5, 0.6) is 5.75 Å². The average molecular weight is 312 g/mol. The van der Waals surface area contributed by atoms with E-state index in [4.69, 9.17) is 4.74 Å². The molecule has 1 aliphatic heterocycles. The van der Waals surface area contributed by atoms with E-state index in [0.717, 1.165) is 16.8 Å². The van der Waals surface area contributed by atoms with Crippen molar-refractivity contribution in [2.75, 3.05) is 13.1 Å². The van der Waals surface area contributed by atoms with E-state index >= 15 is 0 Å². The minimum Gasteiger partial charge on any atom is -0.489 e. The van der Waals surface area contributed by atoms with Crippen LogP contribution in [0.25, 0.3) is 0 Å². The SMILES string of the molecule is CC(C)Oc1c(Br)cccc1CN1CCCCC1. The second kappa shape index (κ2) is 6.58. The van der Waals surface area contributed by atoms with Gasteiger partial charge in [0.1, 0.15) is 5.75 Å². The first-order valence-corrected chi connectivity index (χ1v) is 7.62. The van der Waals surface area contributed by atoms with Gasteiger partial charge in [0.25, 0.3) is 0 Å². The molecule has 0 atom stereocenters. The number of hydrogen-bond donors (Lipinski definition) is 0. The van der Waals surface area contributed by atoms with Crippen molar-refractivity contribution < 1.29 is 4.74 Å². The van der Waals surface area contributed by atoms with E-state index in [1.807, 2.05) is 0 Å². The number of hydrogen-bond acceptors (Lipinski definition) is 2.